The molecule has 1 aliphatic rings. The van der Waals surface area contributed by atoms with Gasteiger partial charge in [-0.3, -0.25) is 9.59 Å². The van der Waals surface area contributed by atoms with Gasteiger partial charge in [-0.05, 0) is 65.0 Å². The Bertz CT molecular complexity index is 2250. The second-order valence-electron chi connectivity index (χ2n) is 10.9. The van der Waals surface area contributed by atoms with Crippen molar-refractivity contribution >= 4 is 73.6 Å². The number of anilines is 3. The van der Waals surface area contributed by atoms with Gasteiger partial charge in [-0.25, -0.2) is 0 Å². The molecule has 0 spiro atoms. The molecule has 5 heteroatoms. The number of nitrogens with zero attached hydrogens (tertiary/aromatic N) is 2. The normalized spacial score (nSPS) is 14.3. The summed E-state index contributed by atoms with van der Waals surface area (Å²) in [5, 5.41) is 5.10. The standard InChI is InChI=1S/C34H24N2O2Si/c1-39(2)30-18-9-8-17-27(30)35(21-11-4-3-5-12-21)29-19-25-28(20-31(29)39)36-26-16-7-6-13-22(26)33(37)23-14-10-15-24(32(23)36)34(25)38/h3-20H,1-2H3. The van der Waals surface area contributed by atoms with Crippen LogP contribution >= 0.6 is 0 Å². The third kappa shape index (κ3) is 2.82. The SMILES string of the molecule is C[Si]1(C)c2ccccc2N(c2ccccc2)c2cc3c(=O)c4cccc5c(=O)c6ccccc6n(c3cc21)c54. The van der Waals surface area contributed by atoms with Gasteiger partial charge >= 0.3 is 0 Å². The number of fused-ring (bicyclic) bond motifs is 6. The fourth-order valence-electron chi connectivity index (χ4n) is 6.63. The first kappa shape index (κ1) is 22.3. The van der Waals surface area contributed by atoms with E-state index in [1.807, 2.05) is 48.5 Å². The fourth-order valence-corrected chi connectivity index (χ4v) is 9.59. The van der Waals surface area contributed by atoms with Gasteiger partial charge in [-0.1, -0.05) is 67.7 Å². The van der Waals surface area contributed by atoms with Gasteiger partial charge in [0.1, 0.15) is 8.07 Å². The van der Waals surface area contributed by atoms with Crippen molar-refractivity contribution in [2.45, 2.75) is 13.1 Å². The van der Waals surface area contributed by atoms with Crippen LogP contribution < -0.4 is 26.1 Å². The molecule has 186 valence electrons. The van der Waals surface area contributed by atoms with Gasteiger partial charge in [0.25, 0.3) is 0 Å². The highest BCUT2D eigenvalue weighted by molar-refractivity contribution is 7.02. The maximum absolute atomic E-state index is 14.2. The van der Waals surface area contributed by atoms with Crippen LogP contribution in [0.25, 0.3) is 38.1 Å². The van der Waals surface area contributed by atoms with Gasteiger partial charge in [-0.15, -0.1) is 0 Å². The molecule has 0 saturated carbocycles. The summed E-state index contributed by atoms with van der Waals surface area (Å²) in [5.74, 6) is 0. The summed E-state index contributed by atoms with van der Waals surface area (Å²) < 4.78 is 2.15. The average molecular weight is 521 g/mol. The lowest BCUT2D eigenvalue weighted by Gasteiger charge is -2.41. The van der Waals surface area contributed by atoms with Crippen molar-refractivity contribution in [3.63, 3.8) is 0 Å². The van der Waals surface area contributed by atoms with E-state index in [0.717, 1.165) is 22.4 Å². The van der Waals surface area contributed by atoms with E-state index >= 15 is 0 Å². The molecular formula is C34H24N2O2Si. The van der Waals surface area contributed by atoms with Crippen molar-refractivity contribution < 1.29 is 0 Å². The molecule has 0 N–H and O–H groups in total. The molecule has 0 bridgehead atoms. The van der Waals surface area contributed by atoms with Gasteiger partial charge in [0.2, 0.25) is 0 Å². The number of aromatic nitrogens is 1. The minimum atomic E-state index is -2.17. The van der Waals surface area contributed by atoms with Crippen LogP contribution in [0.15, 0.2) is 119 Å². The predicted molar refractivity (Wildman–Crippen MR) is 165 cm³/mol. The Morgan fingerprint density at radius 1 is 0.538 bits per heavy atom. The Hall–Kier alpha value is -4.74. The Morgan fingerprint density at radius 2 is 1.18 bits per heavy atom. The smallest absolute Gasteiger partial charge is 0.197 e. The first-order chi connectivity index (χ1) is 19.0. The summed E-state index contributed by atoms with van der Waals surface area (Å²) in [7, 11) is -2.17. The maximum Gasteiger partial charge on any atom is 0.197 e. The second kappa shape index (κ2) is 7.65. The van der Waals surface area contributed by atoms with E-state index < -0.39 is 8.07 Å². The molecule has 0 unspecified atom stereocenters. The van der Waals surface area contributed by atoms with Crippen molar-refractivity contribution in [2.75, 3.05) is 4.90 Å². The molecule has 8 rings (SSSR count). The highest BCUT2D eigenvalue weighted by Gasteiger charge is 2.39. The van der Waals surface area contributed by atoms with Gasteiger partial charge in [0.05, 0.1) is 16.6 Å². The first-order valence-corrected chi connectivity index (χ1v) is 16.2. The molecule has 3 heterocycles. The van der Waals surface area contributed by atoms with Gasteiger partial charge < -0.3 is 9.30 Å². The third-order valence-corrected chi connectivity index (χ3v) is 12.0. The lowest BCUT2D eigenvalue weighted by molar-refractivity contribution is 1.27. The van der Waals surface area contributed by atoms with Crippen LogP contribution in [0.2, 0.25) is 13.1 Å². The van der Waals surface area contributed by atoms with Crippen molar-refractivity contribution in [1.29, 1.82) is 0 Å². The van der Waals surface area contributed by atoms with E-state index in [4.69, 9.17) is 0 Å². The van der Waals surface area contributed by atoms with Crippen molar-refractivity contribution in [3.05, 3.63) is 130 Å². The average Bonchev–Trinajstić information content (AvgIpc) is 2.97. The van der Waals surface area contributed by atoms with E-state index in [-0.39, 0.29) is 10.9 Å². The molecule has 39 heavy (non-hydrogen) atoms. The van der Waals surface area contributed by atoms with Crippen LogP contribution in [0.4, 0.5) is 17.1 Å². The lowest BCUT2D eigenvalue weighted by atomic mass is 10.0. The summed E-state index contributed by atoms with van der Waals surface area (Å²) in [6.07, 6.45) is 0. The van der Waals surface area contributed by atoms with E-state index in [9.17, 15) is 9.59 Å². The molecule has 5 aromatic carbocycles. The second-order valence-corrected chi connectivity index (χ2v) is 15.2. The maximum atomic E-state index is 14.2. The van der Waals surface area contributed by atoms with E-state index in [1.165, 1.54) is 16.1 Å². The highest BCUT2D eigenvalue weighted by Crippen LogP contribution is 2.39. The van der Waals surface area contributed by atoms with Crippen LogP contribution in [0.5, 0.6) is 0 Å². The zero-order valence-corrected chi connectivity index (χ0v) is 22.6. The molecule has 0 aliphatic carbocycles. The molecule has 0 atom stereocenters. The molecule has 1 aliphatic heterocycles. The zero-order chi connectivity index (χ0) is 26.5. The molecule has 0 amide bonds. The largest absolute Gasteiger partial charge is 0.311 e. The fraction of sp³-hybridized carbons (Fsp3) is 0.0588. The highest BCUT2D eigenvalue weighted by atomic mass is 28.3. The Morgan fingerprint density at radius 3 is 1.97 bits per heavy atom. The summed E-state index contributed by atoms with van der Waals surface area (Å²) in [6.45, 7) is 4.77. The zero-order valence-electron chi connectivity index (χ0n) is 21.6. The number of pyridine rings is 2. The molecule has 2 aromatic heterocycles. The molecule has 7 aromatic rings. The summed E-state index contributed by atoms with van der Waals surface area (Å²) in [4.78, 5) is 30.0. The van der Waals surface area contributed by atoms with Crippen LogP contribution in [0, 0.1) is 0 Å². The van der Waals surface area contributed by atoms with Crippen LogP contribution in [0.3, 0.4) is 0 Å². The van der Waals surface area contributed by atoms with E-state index in [0.29, 0.717) is 27.1 Å². The van der Waals surface area contributed by atoms with Crippen LogP contribution in [0.1, 0.15) is 0 Å². The molecule has 0 saturated heterocycles. The molecule has 4 nitrogen and oxygen atoms in total. The van der Waals surface area contributed by atoms with Crippen LogP contribution in [-0.2, 0) is 0 Å². The van der Waals surface area contributed by atoms with Crippen molar-refractivity contribution in [1.82, 2.24) is 4.40 Å². The predicted octanol–water partition coefficient (Wildman–Crippen LogP) is 6.16. The molecular weight excluding hydrogens is 496 g/mol. The Kier molecular flexibility index (Phi) is 4.37. The minimum absolute atomic E-state index is 0.0354. The number of hydrogen-bond acceptors (Lipinski definition) is 3. The first-order valence-electron chi connectivity index (χ1n) is 13.2. The molecule has 0 radical (unpaired) electrons. The van der Waals surface area contributed by atoms with Crippen LogP contribution in [-0.4, -0.2) is 12.5 Å². The number of para-hydroxylation sites is 4. The third-order valence-electron chi connectivity index (χ3n) is 8.48. The van der Waals surface area contributed by atoms with E-state index in [2.05, 4.69) is 83.1 Å². The monoisotopic (exact) mass is 520 g/mol. The Balaban J connectivity index is 1.62. The Labute approximate surface area is 225 Å². The lowest BCUT2D eigenvalue weighted by Crippen LogP contribution is -2.58. The van der Waals surface area contributed by atoms with Gasteiger partial charge in [0, 0.05) is 38.6 Å². The van der Waals surface area contributed by atoms with Crippen molar-refractivity contribution in [2.24, 2.45) is 0 Å². The minimum Gasteiger partial charge on any atom is -0.311 e. The molecule has 0 fully saturated rings. The quantitative estimate of drug-likeness (QED) is 0.148. The number of rotatable bonds is 1. The van der Waals surface area contributed by atoms with Gasteiger partial charge in [-0.2, -0.15) is 0 Å². The summed E-state index contributed by atoms with van der Waals surface area (Å²) in [5.41, 5.74) is 5.60. The summed E-state index contributed by atoms with van der Waals surface area (Å²) >= 11 is 0. The van der Waals surface area contributed by atoms with Crippen molar-refractivity contribution in [3.8, 4) is 0 Å². The van der Waals surface area contributed by atoms with E-state index in [1.54, 1.807) is 0 Å². The van der Waals surface area contributed by atoms with Gasteiger partial charge in [0.15, 0.2) is 10.9 Å². The number of hydrogen-bond donors (Lipinski definition) is 0. The topological polar surface area (TPSA) is 41.8 Å². The summed E-state index contributed by atoms with van der Waals surface area (Å²) in [6, 6.07) is 36.6. The number of benzene rings is 5.